The summed E-state index contributed by atoms with van der Waals surface area (Å²) in [7, 11) is 2.32. The molecule has 2 unspecified atom stereocenters. The van der Waals surface area contributed by atoms with Gasteiger partial charge in [-0.05, 0) is 51.5 Å². The maximum Gasteiger partial charge on any atom is 0.000968 e. The Morgan fingerprint density at radius 3 is 1.92 bits per heavy atom. The summed E-state index contributed by atoms with van der Waals surface area (Å²) >= 11 is 0. The van der Waals surface area contributed by atoms with Gasteiger partial charge in [0.2, 0.25) is 0 Å². The first-order valence-corrected chi connectivity index (χ1v) is 11.2. The number of nitrogens with zero attached hydrogens (tertiary/aromatic N) is 1. The molecule has 1 heteroatoms. The fraction of sp³-hybridized carbons (Fsp3) is 0.917. The van der Waals surface area contributed by atoms with Gasteiger partial charge < -0.3 is 4.90 Å². The quantitative estimate of drug-likeness (QED) is 0.252. The lowest BCUT2D eigenvalue weighted by Gasteiger charge is -2.29. The van der Waals surface area contributed by atoms with E-state index in [2.05, 4.69) is 59.6 Å². The fourth-order valence-corrected chi connectivity index (χ4v) is 3.12. The van der Waals surface area contributed by atoms with Crippen LogP contribution in [0.4, 0.5) is 0 Å². The SMILES string of the molecule is C/C=C(/C)CC(CC)CN(C)CC(CCCCC)C(C)C.CC.CC. The number of unbranched alkanes of at least 4 members (excludes halogenated alkanes) is 2. The van der Waals surface area contributed by atoms with E-state index in [9.17, 15) is 0 Å². The van der Waals surface area contributed by atoms with Gasteiger partial charge in [0.1, 0.15) is 0 Å². The monoisotopic (exact) mass is 355 g/mol. The maximum absolute atomic E-state index is 2.59. The van der Waals surface area contributed by atoms with Crippen LogP contribution in [-0.2, 0) is 0 Å². The van der Waals surface area contributed by atoms with E-state index in [1.807, 2.05) is 27.7 Å². The van der Waals surface area contributed by atoms with E-state index in [-0.39, 0.29) is 0 Å². The molecule has 0 saturated carbocycles. The van der Waals surface area contributed by atoms with Crippen LogP contribution in [0.2, 0.25) is 0 Å². The molecule has 0 aromatic rings. The van der Waals surface area contributed by atoms with E-state index >= 15 is 0 Å². The molecule has 2 atom stereocenters. The Bertz CT molecular complexity index is 267. The van der Waals surface area contributed by atoms with Gasteiger partial charge in [0, 0.05) is 13.1 Å². The summed E-state index contributed by atoms with van der Waals surface area (Å²) in [6.45, 7) is 24.4. The Hall–Kier alpha value is -0.300. The summed E-state index contributed by atoms with van der Waals surface area (Å²) in [5, 5.41) is 0. The average molecular weight is 356 g/mol. The van der Waals surface area contributed by atoms with Crippen molar-refractivity contribution in [1.29, 1.82) is 0 Å². The molecule has 0 bridgehead atoms. The van der Waals surface area contributed by atoms with Crippen molar-refractivity contribution < 1.29 is 0 Å². The molecule has 0 fully saturated rings. The summed E-state index contributed by atoms with van der Waals surface area (Å²) in [4.78, 5) is 2.59. The number of allylic oxidation sites excluding steroid dienone is 2. The summed E-state index contributed by atoms with van der Waals surface area (Å²) in [6.07, 6.45) is 10.4. The van der Waals surface area contributed by atoms with Crippen LogP contribution in [0.25, 0.3) is 0 Å². The van der Waals surface area contributed by atoms with Gasteiger partial charge in [-0.25, -0.2) is 0 Å². The lowest BCUT2D eigenvalue weighted by molar-refractivity contribution is 0.195. The molecule has 0 aromatic heterocycles. The largest absolute Gasteiger partial charge is 0.306 e. The molecule has 0 amide bonds. The Kier molecular flexibility index (Phi) is 25.6. The topological polar surface area (TPSA) is 3.24 Å². The van der Waals surface area contributed by atoms with E-state index in [1.165, 1.54) is 51.6 Å². The third-order valence-electron chi connectivity index (χ3n) is 4.92. The molecule has 0 heterocycles. The smallest absolute Gasteiger partial charge is 0.000968 e. The number of hydrogen-bond donors (Lipinski definition) is 0. The minimum Gasteiger partial charge on any atom is -0.306 e. The van der Waals surface area contributed by atoms with Crippen molar-refractivity contribution in [1.82, 2.24) is 4.90 Å². The van der Waals surface area contributed by atoms with Gasteiger partial charge in [0.15, 0.2) is 0 Å². The van der Waals surface area contributed by atoms with Crippen molar-refractivity contribution in [2.45, 2.75) is 108 Å². The van der Waals surface area contributed by atoms with E-state index in [0.717, 1.165) is 17.8 Å². The van der Waals surface area contributed by atoms with Crippen LogP contribution in [0.1, 0.15) is 108 Å². The van der Waals surface area contributed by atoms with Gasteiger partial charge in [0.25, 0.3) is 0 Å². The highest BCUT2D eigenvalue weighted by atomic mass is 15.1. The normalized spacial score (nSPS) is 13.7. The summed E-state index contributed by atoms with van der Waals surface area (Å²) in [6, 6.07) is 0. The zero-order chi connectivity index (χ0) is 20.3. The van der Waals surface area contributed by atoms with Crippen LogP contribution in [0.3, 0.4) is 0 Å². The van der Waals surface area contributed by atoms with Gasteiger partial charge >= 0.3 is 0 Å². The standard InChI is InChI=1S/C20H41N.2C2H6/c1-8-11-12-13-20(17(4)5)16-21(7)15-19(10-3)14-18(6)9-2;2*1-2/h9,17,19-20H,8,10-16H2,1-7H3;2*1-2H3/b18-9-;;. The summed E-state index contributed by atoms with van der Waals surface area (Å²) in [5.41, 5.74) is 1.54. The van der Waals surface area contributed by atoms with Gasteiger partial charge in [-0.3, -0.25) is 0 Å². The molecule has 0 radical (unpaired) electrons. The second kappa shape index (κ2) is 21.7. The van der Waals surface area contributed by atoms with Crippen LogP contribution in [0.5, 0.6) is 0 Å². The first-order valence-electron chi connectivity index (χ1n) is 11.2. The third-order valence-corrected chi connectivity index (χ3v) is 4.92. The van der Waals surface area contributed by atoms with Crippen LogP contribution < -0.4 is 0 Å². The second-order valence-electron chi connectivity index (χ2n) is 7.33. The second-order valence-corrected chi connectivity index (χ2v) is 7.33. The molecule has 0 saturated heterocycles. The summed E-state index contributed by atoms with van der Waals surface area (Å²) in [5.74, 6) is 2.48. The fourth-order valence-electron chi connectivity index (χ4n) is 3.12. The maximum atomic E-state index is 2.59. The molecule has 0 aliphatic rings. The first kappa shape index (κ1) is 29.5. The average Bonchev–Trinajstić information content (AvgIpc) is 2.63. The molecule has 1 nitrogen and oxygen atoms in total. The molecule has 0 N–H and O–H groups in total. The van der Waals surface area contributed by atoms with Gasteiger partial charge in [-0.1, -0.05) is 92.7 Å². The van der Waals surface area contributed by atoms with E-state index < -0.39 is 0 Å². The highest BCUT2D eigenvalue weighted by molar-refractivity contribution is 4.97. The predicted molar refractivity (Wildman–Crippen MR) is 120 cm³/mol. The number of rotatable bonds is 12. The highest BCUT2D eigenvalue weighted by Gasteiger charge is 2.17. The van der Waals surface area contributed by atoms with Crippen LogP contribution in [-0.4, -0.2) is 25.0 Å². The summed E-state index contributed by atoms with van der Waals surface area (Å²) < 4.78 is 0. The van der Waals surface area contributed by atoms with Crippen molar-refractivity contribution in [2.75, 3.05) is 20.1 Å². The van der Waals surface area contributed by atoms with Crippen molar-refractivity contribution in [3.05, 3.63) is 11.6 Å². The van der Waals surface area contributed by atoms with Crippen LogP contribution in [0.15, 0.2) is 11.6 Å². The van der Waals surface area contributed by atoms with Crippen molar-refractivity contribution in [3.63, 3.8) is 0 Å². The van der Waals surface area contributed by atoms with E-state index in [1.54, 1.807) is 5.57 Å². The Morgan fingerprint density at radius 2 is 1.52 bits per heavy atom. The van der Waals surface area contributed by atoms with Gasteiger partial charge in [-0.15, -0.1) is 0 Å². The Labute approximate surface area is 162 Å². The lowest BCUT2D eigenvalue weighted by Crippen LogP contribution is -2.32. The Morgan fingerprint density at radius 1 is 0.960 bits per heavy atom. The minimum absolute atomic E-state index is 0.807. The highest BCUT2D eigenvalue weighted by Crippen LogP contribution is 2.22. The zero-order valence-electron chi connectivity index (χ0n) is 19.9. The van der Waals surface area contributed by atoms with Crippen LogP contribution in [0, 0.1) is 17.8 Å². The van der Waals surface area contributed by atoms with Gasteiger partial charge in [0.05, 0.1) is 0 Å². The third kappa shape index (κ3) is 18.3. The Balaban J connectivity index is -0.00000112. The zero-order valence-corrected chi connectivity index (χ0v) is 19.9. The number of hydrogen-bond acceptors (Lipinski definition) is 1. The van der Waals surface area contributed by atoms with Gasteiger partial charge in [-0.2, -0.15) is 0 Å². The predicted octanol–water partition coefficient (Wildman–Crippen LogP) is 8.21. The van der Waals surface area contributed by atoms with Crippen molar-refractivity contribution in [2.24, 2.45) is 17.8 Å². The molecule has 0 aliphatic heterocycles. The molecule has 0 spiro atoms. The van der Waals surface area contributed by atoms with Crippen molar-refractivity contribution in [3.8, 4) is 0 Å². The van der Waals surface area contributed by atoms with Crippen molar-refractivity contribution >= 4 is 0 Å². The molecular formula is C24H53N. The molecule has 154 valence electrons. The minimum atomic E-state index is 0.807. The first-order chi connectivity index (χ1) is 11.9. The molecule has 0 rings (SSSR count). The lowest BCUT2D eigenvalue weighted by atomic mass is 9.89. The molecule has 0 aromatic carbocycles. The molecular weight excluding hydrogens is 302 g/mol. The molecule has 25 heavy (non-hydrogen) atoms. The molecule has 0 aliphatic carbocycles. The van der Waals surface area contributed by atoms with E-state index in [0.29, 0.717) is 0 Å². The van der Waals surface area contributed by atoms with Crippen LogP contribution >= 0.6 is 0 Å². The van der Waals surface area contributed by atoms with E-state index in [4.69, 9.17) is 0 Å².